The number of carboxylic acids is 1. The van der Waals surface area contributed by atoms with Crippen LogP contribution in [-0.4, -0.2) is 17.0 Å². The van der Waals surface area contributed by atoms with Crippen LogP contribution in [0.1, 0.15) is 44.9 Å². The number of aryl methyl sites for hydroxylation is 1. The van der Waals surface area contributed by atoms with E-state index >= 15 is 0 Å². The molecule has 4 nitrogen and oxygen atoms in total. The van der Waals surface area contributed by atoms with Crippen LogP contribution in [0.15, 0.2) is 35.4 Å². The number of hydrogen-bond acceptors (Lipinski definition) is 2. The van der Waals surface area contributed by atoms with E-state index in [1.54, 1.807) is 0 Å². The van der Waals surface area contributed by atoms with Crippen LogP contribution in [-0.2, 0) is 16.0 Å². The van der Waals surface area contributed by atoms with Crippen molar-refractivity contribution in [2.75, 3.05) is 0 Å². The van der Waals surface area contributed by atoms with E-state index in [9.17, 15) is 9.59 Å². The van der Waals surface area contributed by atoms with Gasteiger partial charge in [0, 0.05) is 11.1 Å². The Morgan fingerprint density at radius 3 is 2.15 bits per heavy atom. The van der Waals surface area contributed by atoms with Gasteiger partial charge in [0.05, 0.1) is 6.04 Å². The number of carbonyl (C=O) groups excluding carboxylic acids is 1. The van der Waals surface area contributed by atoms with E-state index in [1.165, 1.54) is 19.4 Å². The van der Waals surface area contributed by atoms with Gasteiger partial charge in [0.2, 0.25) is 5.91 Å². The zero-order valence-electron chi connectivity index (χ0n) is 12.4. The normalized spacial score (nSPS) is 13.4. The fraction of sp³-hybridized carbons (Fsp3) is 0.375. The molecule has 1 aromatic carbocycles. The molecular formula is C16H21NO3. The lowest BCUT2D eigenvalue weighted by Crippen LogP contribution is -2.28. The Morgan fingerprint density at radius 1 is 1.15 bits per heavy atom. The Hall–Kier alpha value is -2.10. The van der Waals surface area contributed by atoms with Gasteiger partial charge < -0.3 is 10.4 Å². The first-order chi connectivity index (χ1) is 9.36. The minimum atomic E-state index is -1.07. The molecule has 0 radical (unpaired) electrons. The van der Waals surface area contributed by atoms with Gasteiger partial charge in [0.25, 0.3) is 0 Å². The van der Waals surface area contributed by atoms with Crippen molar-refractivity contribution in [3.63, 3.8) is 0 Å². The van der Waals surface area contributed by atoms with Crippen molar-refractivity contribution < 1.29 is 14.7 Å². The molecule has 1 atom stereocenters. The number of aliphatic carboxylic acids is 1. The Bertz CT molecular complexity index is 529. The van der Waals surface area contributed by atoms with Gasteiger partial charge in [-0.25, -0.2) is 4.79 Å². The predicted octanol–water partition coefficient (Wildman–Crippen LogP) is 2.85. The SMILES string of the molecule is CCc1ccc(C(C)NC(=O)C(C)=C(C)C(=O)O)cc1. The van der Waals surface area contributed by atoms with Gasteiger partial charge in [-0.05, 0) is 38.3 Å². The van der Waals surface area contributed by atoms with Crippen molar-refractivity contribution in [1.29, 1.82) is 0 Å². The number of carbonyl (C=O) groups is 2. The van der Waals surface area contributed by atoms with Crippen molar-refractivity contribution in [3.05, 3.63) is 46.5 Å². The number of nitrogens with one attached hydrogen (secondary N) is 1. The summed E-state index contributed by atoms with van der Waals surface area (Å²) in [5.74, 6) is -1.42. The molecule has 0 bridgehead atoms. The highest BCUT2D eigenvalue weighted by molar-refractivity contribution is 6.01. The van der Waals surface area contributed by atoms with Gasteiger partial charge in [-0.1, -0.05) is 31.2 Å². The van der Waals surface area contributed by atoms with E-state index < -0.39 is 5.97 Å². The lowest BCUT2D eigenvalue weighted by atomic mass is 10.0. The first kappa shape index (κ1) is 16.0. The Balaban J connectivity index is 2.79. The molecule has 0 heterocycles. The first-order valence-electron chi connectivity index (χ1n) is 6.67. The lowest BCUT2D eigenvalue weighted by Gasteiger charge is -2.15. The second-order valence-electron chi connectivity index (χ2n) is 4.85. The van der Waals surface area contributed by atoms with Gasteiger partial charge in [-0.3, -0.25) is 4.79 Å². The molecule has 1 aromatic rings. The molecule has 0 saturated carbocycles. The summed E-state index contributed by atoms with van der Waals surface area (Å²) in [5.41, 5.74) is 2.53. The number of hydrogen-bond donors (Lipinski definition) is 2. The summed E-state index contributed by atoms with van der Waals surface area (Å²) in [6.07, 6.45) is 0.973. The van der Waals surface area contributed by atoms with Crippen molar-refractivity contribution in [2.24, 2.45) is 0 Å². The van der Waals surface area contributed by atoms with Crippen LogP contribution in [0.5, 0.6) is 0 Å². The molecule has 4 heteroatoms. The largest absolute Gasteiger partial charge is 0.478 e. The fourth-order valence-electron chi connectivity index (χ4n) is 1.76. The molecule has 0 saturated heterocycles. The van der Waals surface area contributed by atoms with Crippen LogP contribution >= 0.6 is 0 Å². The summed E-state index contributed by atoms with van der Waals surface area (Å²) in [6.45, 7) is 6.91. The molecule has 0 aliphatic rings. The smallest absolute Gasteiger partial charge is 0.331 e. The van der Waals surface area contributed by atoms with Crippen molar-refractivity contribution in [3.8, 4) is 0 Å². The molecular weight excluding hydrogens is 254 g/mol. The molecule has 1 amide bonds. The molecule has 0 aromatic heterocycles. The highest BCUT2D eigenvalue weighted by Gasteiger charge is 2.15. The van der Waals surface area contributed by atoms with Crippen LogP contribution < -0.4 is 5.32 Å². The molecule has 0 spiro atoms. The molecule has 0 fully saturated rings. The monoisotopic (exact) mass is 275 g/mol. The standard InChI is InChI=1S/C16H21NO3/c1-5-13-6-8-14(9-7-13)12(4)17-15(18)10(2)11(3)16(19)20/h6-9,12H,5H2,1-4H3,(H,17,18)(H,19,20). The molecule has 2 N–H and O–H groups in total. The topological polar surface area (TPSA) is 66.4 Å². The lowest BCUT2D eigenvalue weighted by molar-refractivity contribution is -0.133. The summed E-state index contributed by atoms with van der Waals surface area (Å²) in [5, 5.41) is 11.7. The summed E-state index contributed by atoms with van der Waals surface area (Å²) < 4.78 is 0. The maximum Gasteiger partial charge on any atom is 0.331 e. The van der Waals surface area contributed by atoms with Crippen LogP contribution in [0.2, 0.25) is 0 Å². The number of benzene rings is 1. The first-order valence-corrected chi connectivity index (χ1v) is 6.67. The molecule has 0 aliphatic heterocycles. The molecule has 0 aliphatic carbocycles. The summed E-state index contributed by atoms with van der Waals surface area (Å²) >= 11 is 0. The van der Waals surface area contributed by atoms with E-state index in [2.05, 4.69) is 12.2 Å². The Morgan fingerprint density at radius 2 is 1.70 bits per heavy atom. The third-order valence-electron chi connectivity index (χ3n) is 3.46. The number of carboxylic acid groups (broad SMARTS) is 1. The Kier molecular flexibility index (Phi) is 5.50. The van der Waals surface area contributed by atoms with Gasteiger partial charge in [-0.15, -0.1) is 0 Å². The summed E-state index contributed by atoms with van der Waals surface area (Å²) in [7, 11) is 0. The summed E-state index contributed by atoms with van der Waals surface area (Å²) in [6, 6.07) is 7.86. The second-order valence-corrected chi connectivity index (χ2v) is 4.85. The van der Waals surface area contributed by atoms with E-state index in [0.717, 1.165) is 12.0 Å². The Labute approximate surface area is 119 Å². The van der Waals surface area contributed by atoms with E-state index in [1.807, 2.05) is 31.2 Å². The van der Waals surface area contributed by atoms with Crippen LogP contribution in [0.4, 0.5) is 0 Å². The van der Waals surface area contributed by atoms with Gasteiger partial charge in [-0.2, -0.15) is 0 Å². The molecule has 20 heavy (non-hydrogen) atoms. The van der Waals surface area contributed by atoms with Crippen molar-refractivity contribution >= 4 is 11.9 Å². The summed E-state index contributed by atoms with van der Waals surface area (Å²) in [4.78, 5) is 22.8. The van der Waals surface area contributed by atoms with Crippen molar-refractivity contribution in [2.45, 2.75) is 40.2 Å². The number of amides is 1. The van der Waals surface area contributed by atoms with E-state index in [-0.39, 0.29) is 23.1 Å². The second kappa shape index (κ2) is 6.89. The molecule has 1 unspecified atom stereocenters. The minimum Gasteiger partial charge on any atom is -0.478 e. The maximum atomic E-state index is 12.0. The van der Waals surface area contributed by atoms with Gasteiger partial charge in [0.1, 0.15) is 0 Å². The maximum absolute atomic E-state index is 12.0. The van der Waals surface area contributed by atoms with E-state index in [0.29, 0.717) is 0 Å². The van der Waals surface area contributed by atoms with Crippen LogP contribution in [0.25, 0.3) is 0 Å². The van der Waals surface area contributed by atoms with Crippen LogP contribution in [0, 0.1) is 0 Å². The number of rotatable bonds is 5. The van der Waals surface area contributed by atoms with Crippen molar-refractivity contribution in [1.82, 2.24) is 5.32 Å². The predicted molar refractivity (Wildman–Crippen MR) is 78.4 cm³/mol. The minimum absolute atomic E-state index is 0.0658. The third kappa shape index (κ3) is 3.95. The van der Waals surface area contributed by atoms with Gasteiger partial charge >= 0.3 is 5.97 Å². The quantitative estimate of drug-likeness (QED) is 0.812. The molecule has 1 rings (SSSR count). The highest BCUT2D eigenvalue weighted by atomic mass is 16.4. The van der Waals surface area contributed by atoms with Crippen LogP contribution in [0.3, 0.4) is 0 Å². The highest BCUT2D eigenvalue weighted by Crippen LogP contribution is 2.15. The zero-order chi connectivity index (χ0) is 15.3. The zero-order valence-corrected chi connectivity index (χ0v) is 12.4. The molecule has 108 valence electrons. The average Bonchev–Trinajstić information content (AvgIpc) is 2.45. The van der Waals surface area contributed by atoms with Gasteiger partial charge in [0.15, 0.2) is 0 Å². The third-order valence-corrected chi connectivity index (χ3v) is 3.46. The average molecular weight is 275 g/mol. The van der Waals surface area contributed by atoms with E-state index in [4.69, 9.17) is 5.11 Å². The fourth-order valence-corrected chi connectivity index (χ4v) is 1.76.